The topological polar surface area (TPSA) is 96.0 Å². The van der Waals surface area contributed by atoms with Crippen molar-refractivity contribution >= 4 is 54.8 Å². The minimum absolute atomic E-state index is 0.146. The molecule has 7 nitrogen and oxygen atoms in total. The van der Waals surface area contributed by atoms with Gasteiger partial charge in [-0.25, -0.2) is 13.4 Å². The summed E-state index contributed by atoms with van der Waals surface area (Å²) < 4.78 is 28.5. The van der Waals surface area contributed by atoms with E-state index in [9.17, 15) is 8.42 Å². The summed E-state index contributed by atoms with van der Waals surface area (Å²) in [5, 5.41) is 6.17. The van der Waals surface area contributed by atoms with Gasteiger partial charge in [-0.3, -0.25) is 4.72 Å². The Kier molecular flexibility index (Phi) is 3.81. The second kappa shape index (κ2) is 6.01. The first-order valence-electron chi connectivity index (χ1n) is 7.29. The predicted molar refractivity (Wildman–Crippen MR) is 100.0 cm³/mol. The number of hydrogen-bond acceptors (Lipinski definition) is 6. The Hall–Kier alpha value is -2.65. The third-order valence-corrected chi connectivity index (χ3v) is 5.48. The first-order valence-corrected chi connectivity index (χ1v) is 9.57. The largest absolute Gasteiger partial charge is 0.339 e. The van der Waals surface area contributed by atoms with Crippen LogP contribution in [0.25, 0.3) is 0 Å². The molecule has 0 unspecified atom stereocenters. The zero-order valence-corrected chi connectivity index (χ0v) is 15.1. The van der Waals surface area contributed by atoms with Crippen molar-refractivity contribution in [2.24, 2.45) is 0 Å². The molecule has 0 fully saturated rings. The van der Waals surface area contributed by atoms with Gasteiger partial charge < -0.3 is 10.6 Å². The molecule has 0 saturated heterocycles. The van der Waals surface area contributed by atoms with Crippen LogP contribution in [0.4, 0.5) is 28.8 Å². The summed E-state index contributed by atoms with van der Waals surface area (Å²) in [4.78, 5) is 8.78. The number of rotatable bonds is 0. The number of halogens is 1. The molecule has 1 aromatic heterocycles. The van der Waals surface area contributed by atoms with Crippen LogP contribution in [0, 0.1) is 0 Å². The molecule has 0 atom stereocenters. The van der Waals surface area contributed by atoms with Crippen molar-refractivity contribution in [1.29, 1.82) is 0 Å². The van der Waals surface area contributed by atoms with E-state index in [4.69, 9.17) is 0 Å². The third-order valence-electron chi connectivity index (χ3n) is 3.52. The Labute approximate surface area is 152 Å². The molecule has 6 bridgehead atoms. The van der Waals surface area contributed by atoms with E-state index in [-0.39, 0.29) is 4.90 Å². The lowest BCUT2D eigenvalue weighted by Crippen LogP contribution is -2.13. The Morgan fingerprint density at radius 2 is 1.64 bits per heavy atom. The molecule has 0 aliphatic carbocycles. The van der Waals surface area contributed by atoms with E-state index in [2.05, 4.69) is 41.3 Å². The van der Waals surface area contributed by atoms with Crippen LogP contribution < -0.4 is 15.4 Å². The van der Waals surface area contributed by atoms with Crippen LogP contribution in [0.15, 0.2) is 64.1 Å². The lowest BCUT2D eigenvalue weighted by molar-refractivity contribution is 0.601. The van der Waals surface area contributed by atoms with Gasteiger partial charge in [-0.05, 0) is 52.3 Å². The van der Waals surface area contributed by atoms with E-state index in [1.165, 1.54) is 12.1 Å². The van der Waals surface area contributed by atoms with Crippen molar-refractivity contribution < 1.29 is 8.42 Å². The maximum atomic E-state index is 12.6. The van der Waals surface area contributed by atoms with Gasteiger partial charge in [0.15, 0.2) is 0 Å². The lowest BCUT2D eigenvalue weighted by Gasteiger charge is -2.11. The fraction of sp³-hybridized carbons (Fsp3) is 0. The van der Waals surface area contributed by atoms with Crippen molar-refractivity contribution in [2.45, 2.75) is 4.90 Å². The summed E-state index contributed by atoms with van der Waals surface area (Å²) in [5.41, 5.74) is 1.71. The van der Waals surface area contributed by atoms with Gasteiger partial charge in [0.1, 0.15) is 5.82 Å². The predicted octanol–water partition coefficient (Wildman–Crippen LogP) is 3.84. The number of nitrogens with zero attached hydrogens (tertiary/aromatic N) is 2. The van der Waals surface area contributed by atoms with Crippen LogP contribution in [0.1, 0.15) is 0 Å². The Morgan fingerprint density at radius 3 is 2.48 bits per heavy atom. The summed E-state index contributed by atoms with van der Waals surface area (Å²) >= 11 is 3.41. The van der Waals surface area contributed by atoms with Gasteiger partial charge >= 0.3 is 0 Å². The van der Waals surface area contributed by atoms with E-state index >= 15 is 0 Å². The van der Waals surface area contributed by atoms with Crippen LogP contribution in [-0.2, 0) is 10.0 Å². The van der Waals surface area contributed by atoms with Crippen molar-refractivity contribution in [3.05, 3.63) is 59.2 Å². The summed E-state index contributed by atoms with van der Waals surface area (Å²) in [7, 11) is -3.71. The van der Waals surface area contributed by atoms with Crippen LogP contribution in [0.3, 0.4) is 0 Å². The number of sulfonamides is 1. The van der Waals surface area contributed by atoms with Gasteiger partial charge in [-0.1, -0.05) is 12.1 Å². The maximum absolute atomic E-state index is 12.6. The summed E-state index contributed by atoms with van der Waals surface area (Å²) in [6.07, 6.45) is 1.63. The fourth-order valence-corrected chi connectivity index (χ4v) is 3.78. The number of anilines is 5. The van der Waals surface area contributed by atoms with Gasteiger partial charge in [-0.2, -0.15) is 4.98 Å². The number of fused-ring (bicyclic) bond motifs is 6. The number of benzene rings is 2. The first kappa shape index (κ1) is 15.9. The molecule has 0 amide bonds. The van der Waals surface area contributed by atoms with E-state index < -0.39 is 10.0 Å². The van der Waals surface area contributed by atoms with Gasteiger partial charge in [0.05, 0.1) is 15.1 Å². The highest BCUT2D eigenvalue weighted by Gasteiger charge is 2.16. The Balaban J connectivity index is 1.92. The third kappa shape index (κ3) is 3.28. The zero-order chi connectivity index (χ0) is 17.4. The average Bonchev–Trinajstić information content (AvgIpc) is 2.58. The lowest BCUT2D eigenvalue weighted by atomic mass is 10.3. The second-order valence-electron chi connectivity index (χ2n) is 5.35. The second-order valence-corrected chi connectivity index (χ2v) is 7.89. The number of aromatic nitrogens is 2. The van der Waals surface area contributed by atoms with Crippen molar-refractivity contribution in [3.63, 3.8) is 0 Å². The van der Waals surface area contributed by atoms with Crippen LogP contribution >= 0.6 is 15.9 Å². The number of hydrogen-bond donors (Lipinski definition) is 3. The van der Waals surface area contributed by atoms with Gasteiger partial charge in [0, 0.05) is 17.6 Å². The van der Waals surface area contributed by atoms with Crippen LogP contribution in [0.5, 0.6) is 0 Å². The minimum atomic E-state index is -3.71. The molecule has 3 aromatic rings. The molecule has 2 heterocycles. The molecule has 9 heteroatoms. The maximum Gasteiger partial charge on any atom is 0.261 e. The van der Waals surface area contributed by atoms with Crippen molar-refractivity contribution in [2.75, 3.05) is 15.4 Å². The van der Waals surface area contributed by atoms with Crippen LogP contribution in [0.2, 0.25) is 0 Å². The summed E-state index contributed by atoms with van der Waals surface area (Å²) in [5.74, 6) is 0.913. The molecule has 1 aliphatic rings. The molecule has 2 aromatic carbocycles. The minimum Gasteiger partial charge on any atom is -0.339 e. The molecule has 1 aliphatic heterocycles. The SMILES string of the molecule is O=S1(=O)Nc2cccc(c2)Nc2nc(ncc2Br)Nc2cccc1c2. The van der Waals surface area contributed by atoms with Gasteiger partial charge in [0.2, 0.25) is 5.95 Å². The molecule has 25 heavy (non-hydrogen) atoms. The van der Waals surface area contributed by atoms with E-state index in [1.807, 2.05) is 6.07 Å². The van der Waals surface area contributed by atoms with Gasteiger partial charge in [-0.15, -0.1) is 0 Å². The summed E-state index contributed by atoms with van der Waals surface area (Å²) in [6, 6.07) is 13.4. The highest BCUT2D eigenvalue weighted by atomic mass is 79.9. The standard InChI is InChI=1S/C16H12BrN5O2S/c17-14-9-18-16-20-11-4-2-6-13(8-11)25(23,24)22-12-5-1-3-10(7-12)19-15(14)21-16/h1-9,22H,(H2,18,19,20,21). The van der Waals surface area contributed by atoms with Crippen molar-refractivity contribution in [3.8, 4) is 0 Å². The average molecular weight is 418 g/mol. The van der Waals surface area contributed by atoms with E-state index in [0.29, 0.717) is 33.3 Å². The molecule has 4 rings (SSSR count). The van der Waals surface area contributed by atoms with E-state index in [1.54, 1.807) is 36.5 Å². The Bertz CT molecular complexity index is 1070. The van der Waals surface area contributed by atoms with Gasteiger partial charge in [0.25, 0.3) is 10.0 Å². The smallest absolute Gasteiger partial charge is 0.261 e. The fourth-order valence-electron chi connectivity index (χ4n) is 2.40. The number of nitrogens with one attached hydrogen (secondary N) is 3. The van der Waals surface area contributed by atoms with Crippen molar-refractivity contribution in [1.82, 2.24) is 9.97 Å². The molecule has 0 radical (unpaired) electrons. The quantitative estimate of drug-likeness (QED) is 0.514. The van der Waals surface area contributed by atoms with Crippen LogP contribution in [-0.4, -0.2) is 18.4 Å². The molecule has 3 N–H and O–H groups in total. The Morgan fingerprint density at radius 1 is 0.920 bits per heavy atom. The highest BCUT2D eigenvalue weighted by Crippen LogP contribution is 2.28. The zero-order valence-electron chi connectivity index (χ0n) is 12.7. The molecule has 0 saturated carbocycles. The molecular weight excluding hydrogens is 406 g/mol. The molecular formula is C16H12BrN5O2S. The first-order chi connectivity index (χ1) is 12.0. The van der Waals surface area contributed by atoms with E-state index in [0.717, 1.165) is 0 Å². The summed E-state index contributed by atoms with van der Waals surface area (Å²) in [6.45, 7) is 0. The molecule has 0 spiro atoms. The normalized spacial score (nSPS) is 14.6. The monoisotopic (exact) mass is 417 g/mol. The molecule has 126 valence electrons. The highest BCUT2D eigenvalue weighted by molar-refractivity contribution is 9.10.